The SMILES string of the molecule is c1cc(-c2ccc3c(c2)oc2ccccc23)cc(N(c2ccc(-c3cccc(-n4c5ccccc5c5ccccc54)c3)cc2)c2ccc3ccc4ccccc4c3c2)c1. The number of rotatable bonds is 6. The van der Waals surface area contributed by atoms with E-state index in [-0.39, 0.29) is 0 Å². The molecule has 0 spiro atoms. The molecule has 12 aromatic rings. The zero-order valence-corrected chi connectivity index (χ0v) is 32.1. The first-order valence-corrected chi connectivity index (χ1v) is 20.2. The van der Waals surface area contributed by atoms with E-state index in [2.05, 4.69) is 216 Å². The average molecular weight is 753 g/mol. The minimum Gasteiger partial charge on any atom is -0.456 e. The Morgan fingerprint density at radius 2 is 0.864 bits per heavy atom. The van der Waals surface area contributed by atoms with Gasteiger partial charge in [-0.15, -0.1) is 0 Å². The van der Waals surface area contributed by atoms with E-state index < -0.39 is 0 Å². The van der Waals surface area contributed by atoms with Crippen molar-refractivity contribution < 1.29 is 4.42 Å². The van der Waals surface area contributed by atoms with Crippen molar-refractivity contribution in [1.29, 1.82) is 0 Å². The molecule has 0 aliphatic heterocycles. The molecule has 2 aromatic heterocycles. The summed E-state index contributed by atoms with van der Waals surface area (Å²) < 4.78 is 8.69. The minimum absolute atomic E-state index is 0.894. The maximum atomic E-state index is 6.31. The van der Waals surface area contributed by atoms with Gasteiger partial charge in [-0.3, -0.25) is 0 Å². The van der Waals surface area contributed by atoms with Crippen LogP contribution in [0, 0.1) is 0 Å². The minimum atomic E-state index is 0.894. The van der Waals surface area contributed by atoms with Crippen molar-refractivity contribution in [3.05, 3.63) is 218 Å². The highest BCUT2D eigenvalue weighted by molar-refractivity contribution is 6.10. The van der Waals surface area contributed by atoms with Crippen LogP contribution in [0.1, 0.15) is 0 Å². The summed E-state index contributed by atoms with van der Waals surface area (Å²) in [6.45, 7) is 0. The predicted octanol–water partition coefficient (Wildman–Crippen LogP) is 15.8. The second-order valence-electron chi connectivity index (χ2n) is 15.4. The summed E-state index contributed by atoms with van der Waals surface area (Å²) in [5, 5.41) is 9.73. The molecule has 0 unspecified atom stereocenters. The van der Waals surface area contributed by atoms with Crippen molar-refractivity contribution in [2.45, 2.75) is 0 Å². The molecule has 0 bridgehead atoms. The van der Waals surface area contributed by atoms with Crippen LogP contribution in [0.2, 0.25) is 0 Å². The topological polar surface area (TPSA) is 21.3 Å². The highest BCUT2D eigenvalue weighted by Gasteiger charge is 2.17. The Balaban J connectivity index is 0.976. The quantitative estimate of drug-likeness (QED) is 0.158. The molecule has 3 nitrogen and oxygen atoms in total. The molecule has 0 radical (unpaired) electrons. The lowest BCUT2D eigenvalue weighted by atomic mass is 10.00. The molecule has 0 amide bonds. The van der Waals surface area contributed by atoms with Gasteiger partial charge in [0.05, 0.1) is 11.0 Å². The van der Waals surface area contributed by atoms with Gasteiger partial charge in [0.25, 0.3) is 0 Å². The number of benzene rings is 10. The molecule has 0 saturated carbocycles. The number of furan rings is 1. The highest BCUT2D eigenvalue weighted by atomic mass is 16.3. The van der Waals surface area contributed by atoms with Crippen molar-refractivity contribution in [3.8, 4) is 27.9 Å². The summed E-state index contributed by atoms with van der Waals surface area (Å²) in [6.07, 6.45) is 0. The number of fused-ring (bicyclic) bond motifs is 9. The Kier molecular flexibility index (Phi) is 7.54. The molecule has 2 heterocycles. The van der Waals surface area contributed by atoms with Gasteiger partial charge in [-0.2, -0.15) is 0 Å². The van der Waals surface area contributed by atoms with Gasteiger partial charge in [-0.1, -0.05) is 140 Å². The number of hydrogen-bond acceptors (Lipinski definition) is 2. The van der Waals surface area contributed by atoms with Crippen LogP contribution in [0.25, 0.3) is 93.2 Å². The fourth-order valence-electron chi connectivity index (χ4n) is 9.13. The molecule has 0 aliphatic carbocycles. The molecule has 59 heavy (non-hydrogen) atoms. The number of para-hydroxylation sites is 3. The van der Waals surface area contributed by atoms with Crippen molar-refractivity contribution in [3.63, 3.8) is 0 Å². The van der Waals surface area contributed by atoms with Crippen LogP contribution in [0.3, 0.4) is 0 Å². The van der Waals surface area contributed by atoms with E-state index in [9.17, 15) is 0 Å². The lowest BCUT2D eigenvalue weighted by molar-refractivity contribution is 0.669. The van der Waals surface area contributed by atoms with Gasteiger partial charge in [-0.25, -0.2) is 0 Å². The first kappa shape index (κ1) is 33.3. The lowest BCUT2D eigenvalue weighted by Crippen LogP contribution is -2.10. The molecule has 0 aliphatic rings. The smallest absolute Gasteiger partial charge is 0.136 e. The summed E-state index contributed by atoms with van der Waals surface area (Å²) in [4.78, 5) is 2.38. The van der Waals surface area contributed by atoms with Crippen molar-refractivity contribution in [1.82, 2.24) is 4.57 Å². The molecular weight excluding hydrogens is 717 g/mol. The largest absolute Gasteiger partial charge is 0.456 e. The summed E-state index contributed by atoms with van der Waals surface area (Å²) >= 11 is 0. The van der Waals surface area contributed by atoms with Crippen LogP contribution < -0.4 is 4.90 Å². The maximum Gasteiger partial charge on any atom is 0.136 e. The first-order valence-electron chi connectivity index (χ1n) is 20.2. The molecule has 12 rings (SSSR count). The third-order valence-corrected chi connectivity index (χ3v) is 11.9. The van der Waals surface area contributed by atoms with Gasteiger partial charge in [0.15, 0.2) is 0 Å². The summed E-state index contributed by atoms with van der Waals surface area (Å²) in [6, 6.07) is 78.8. The summed E-state index contributed by atoms with van der Waals surface area (Å²) in [5.41, 5.74) is 13.2. The Hall–Kier alpha value is -7.88. The predicted molar refractivity (Wildman–Crippen MR) is 249 cm³/mol. The summed E-state index contributed by atoms with van der Waals surface area (Å²) in [5.74, 6) is 0. The van der Waals surface area contributed by atoms with Gasteiger partial charge < -0.3 is 13.9 Å². The van der Waals surface area contributed by atoms with E-state index in [1.807, 2.05) is 12.1 Å². The number of aromatic nitrogens is 1. The lowest BCUT2D eigenvalue weighted by Gasteiger charge is -2.27. The van der Waals surface area contributed by atoms with E-state index in [1.54, 1.807) is 0 Å². The third-order valence-electron chi connectivity index (χ3n) is 11.9. The van der Waals surface area contributed by atoms with E-state index in [1.165, 1.54) is 48.9 Å². The molecule has 10 aromatic carbocycles. The van der Waals surface area contributed by atoms with Gasteiger partial charge >= 0.3 is 0 Å². The monoisotopic (exact) mass is 752 g/mol. The third kappa shape index (κ3) is 5.51. The van der Waals surface area contributed by atoms with E-state index in [4.69, 9.17) is 4.42 Å². The molecule has 0 N–H and O–H groups in total. The second kappa shape index (κ2) is 13.4. The average Bonchev–Trinajstić information content (AvgIpc) is 3.85. The fraction of sp³-hybridized carbons (Fsp3) is 0. The zero-order valence-electron chi connectivity index (χ0n) is 32.1. The molecule has 3 heteroatoms. The zero-order chi connectivity index (χ0) is 38.9. The Morgan fingerprint density at radius 3 is 1.66 bits per heavy atom. The van der Waals surface area contributed by atoms with Gasteiger partial charge in [0.1, 0.15) is 11.2 Å². The molecule has 276 valence electrons. The van der Waals surface area contributed by atoms with Crippen molar-refractivity contribution in [2.24, 2.45) is 0 Å². The van der Waals surface area contributed by atoms with E-state index >= 15 is 0 Å². The van der Waals surface area contributed by atoms with Crippen LogP contribution in [0.4, 0.5) is 17.1 Å². The van der Waals surface area contributed by atoms with Crippen LogP contribution in [-0.4, -0.2) is 4.57 Å². The van der Waals surface area contributed by atoms with Crippen LogP contribution in [-0.2, 0) is 0 Å². The van der Waals surface area contributed by atoms with E-state index in [0.29, 0.717) is 0 Å². The van der Waals surface area contributed by atoms with E-state index in [0.717, 1.165) is 61.4 Å². The summed E-state index contributed by atoms with van der Waals surface area (Å²) in [7, 11) is 0. The standard InChI is InChI=1S/C56H36N2O/c1-2-16-47-38(11-1)23-24-39-27-31-46(36-52(39)47)57(44-14-10-13-41(34-44)42-28-32-51-50-19-5-8-22-55(50)59-56(51)35-42)43-29-25-37(26-30-43)40-12-9-15-45(33-40)58-53-20-6-3-17-48(53)49-18-4-7-21-54(49)58/h1-36H. The second-order valence-corrected chi connectivity index (χ2v) is 15.4. The maximum absolute atomic E-state index is 6.31. The van der Waals surface area contributed by atoms with Crippen LogP contribution in [0.5, 0.6) is 0 Å². The fourth-order valence-corrected chi connectivity index (χ4v) is 9.13. The number of hydrogen-bond donors (Lipinski definition) is 0. The molecule has 0 fully saturated rings. The normalized spacial score (nSPS) is 11.7. The van der Waals surface area contributed by atoms with Crippen LogP contribution in [0.15, 0.2) is 223 Å². The molecular formula is C56H36N2O. The van der Waals surface area contributed by atoms with Crippen LogP contribution >= 0.6 is 0 Å². The Labute approximate surface area is 341 Å². The molecule has 0 atom stereocenters. The highest BCUT2D eigenvalue weighted by Crippen LogP contribution is 2.41. The Bertz CT molecular complexity index is 3520. The first-order chi connectivity index (χ1) is 29.2. The Morgan fingerprint density at radius 1 is 0.305 bits per heavy atom. The van der Waals surface area contributed by atoms with Crippen molar-refractivity contribution >= 4 is 82.4 Å². The van der Waals surface area contributed by atoms with Gasteiger partial charge in [0, 0.05) is 44.3 Å². The molecule has 0 saturated heterocycles. The van der Waals surface area contributed by atoms with Crippen molar-refractivity contribution in [2.75, 3.05) is 4.90 Å². The number of nitrogens with zero attached hydrogens (tertiary/aromatic N) is 2. The van der Waals surface area contributed by atoms with Gasteiger partial charge in [0.2, 0.25) is 0 Å². The van der Waals surface area contributed by atoms with Gasteiger partial charge in [-0.05, 0) is 123 Å². The number of anilines is 3.